The van der Waals surface area contributed by atoms with Crippen molar-refractivity contribution in [1.29, 1.82) is 0 Å². The van der Waals surface area contributed by atoms with Crippen LogP contribution in [0.4, 0.5) is 0 Å². The fourth-order valence-electron chi connectivity index (χ4n) is 1.63. The van der Waals surface area contributed by atoms with E-state index in [1.54, 1.807) is 12.4 Å². The first-order chi connectivity index (χ1) is 9.24. The maximum Gasteiger partial charge on any atom is 0.223 e. The van der Waals surface area contributed by atoms with E-state index in [4.69, 9.17) is 4.74 Å². The molecule has 1 aromatic carbocycles. The second-order valence-electron chi connectivity index (χ2n) is 4.23. The lowest BCUT2D eigenvalue weighted by atomic mass is 10.2. The molecule has 0 atom stereocenters. The quantitative estimate of drug-likeness (QED) is 0.831. The third-order valence-corrected chi connectivity index (χ3v) is 2.60. The SMILES string of the molecule is Cc1cccc(OCCC(=O)NCc2ncc[nH]2)c1. The normalized spacial score (nSPS) is 10.2. The highest BCUT2D eigenvalue weighted by Gasteiger charge is 2.03. The number of hydrogen-bond donors (Lipinski definition) is 2. The number of hydrogen-bond acceptors (Lipinski definition) is 3. The lowest BCUT2D eigenvalue weighted by molar-refractivity contribution is -0.121. The van der Waals surface area contributed by atoms with E-state index in [-0.39, 0.29) is 5.91 Å². The molecule has 0 fully saturated rings. The van der Waals surface area contributed by atoms with Gasteiger partial charge in [-0.05, 0) is 24.6 Å². The Labute approximate surface area is 112 Å². The fourth-order valence-corrected chi connectivity index (χ4v) is 1.63. The number of nitrogens with zero attached hydrogens (tertiary/aromatic N) is 1. The van der Waals surface area contributed by atoms with Crippen molar-refractivity contribution in [3.63, 3.8) is 0 Å². The monoisotopic (exact) mass is 259 g/mol. The van der Waals surface area contributed by atoms with Crippen LogP contribution in [0.1, 0.15) is 17.8 Å². The molecule has 2 rings (SSSR count). The Kier molecular flexibility index (Phi) is 4.55. The Bertz CT molecular complexity index is 523. The number of carbonyl (C=O) groups excluding carboxylic acids is 1. The first-order valence-electron chi connectivity index (χ1n) is 6.18. The predicted octanol–water partition coefficient (Wildman–Crippen LogP) is 1.80. The third-order valence-electron chi connectivity index (χ3n) is 2.60. The van der Waals surface area contributed by atoms with E-state index in [0.29, 0.717) is 19.6 Å². The number of aromatic nitrogens is 2. The van der Waals surface area contributed by atoms with Gasteiger partial charge in [-0.1, -0.05) is 12.1 Å². The van der Waals surface area contributed by atoms with Crippen LogP contribution in [-0.2, 0) is 11.3 Å². The number of carbonyl (C=O) groups is 1. The maximum atomic E-state index is 11.6. The summed E-state index contributed by atoms with van der Waals surface area (Å²) in [5.41, 5.74) is 1.14. The lowest BCUT2D eigenvalue weighted by Gasteiger charge is -2.07. The molecule has 0 spiro atoms. The molecule has 0 aliphatic rings. The largest absolute Gasteiger partial charge is 0.493 e. The van der Waals surface area contributed by atoms with Crippen LogP contribution in [0.15, 0.2) is 36.7 Å². The standard InChI is InChI=1S/C14H17N3O2/c1-11-3-2-4-12(9-11)19-8-5-14(18)17-10-13-15-6-7-16-13/h2-4,6-7,9H,5,8,10H2,1H3,(H,15,16)(H,17,18). The van der Waals surface area contributed by atoms with Gasteiger partial charge in [0.25, 0.3) is 0 Å². The highest BCUT2D eigenvalue weighted by atomic mass is 16.5. The van der Waals surface area contributed by atoms with Crippen LogP contribution in [-0.4, -0.2) is 22.5 Å². The Morgan fingerprint density at radius 1 is 1.47 bits per heavy atom. The van der Waals surface area contributed by atoms with Crippen molar-refractivity contribution in [2.45, 2.75) is 19.9 Å². The molecule has 5 nitrogen and oxygen atoms in total. The molecule has 1 amide bonds. The average molecular weight is 259 g/mol. The van der Waals surface area contributed by atoms with Crippen LogP contribution < -0.4 is 10.1 Å². The van der Waals surface area contributed by atoms with Gasteiger partial charge in [-0.2, -0.15) is 0 Å². The second-order valence-corrected chi connectivity index (χ2v) is 4.23. The molecule has 0 saturated heterocycles. The minimum absolute atomic E-state index is 0.0518. The number of ether oxygens (including phenoxy) is 1. The zero-order chi connectivity index (χ0) is 13.5. The number of imidazole rings is 1. The zero-order valence-corrected chi connectivity index (χ0v) is 10.8. The first-order valence-corrected chi connectivity index (χ1v) is 6.18. The van der Waals surface area contributed by atoms with Gasteiger partial charge >= 0.3 is 0 Å². The number of aromatic amines is 1. The molecule has 1 heterocycles. The molecule has 0 aliphatic carbocycles. The van der Waals surface area contributed by atoms with Crippen LogP contribution in [0.5, 0.6) is 5.75 Å². The molecule has 100 valence electrons. The number of aryl methyl sites for hydroxylation is 1. The van der Waals surface area contributed by atoms with Crippen LogP contribution in [0.25, 0.3) is 0 Å². The lowest BCUT2D eigenvalue weighted by Crippen LogP contribution is -2.24. The molecule has 5 heteroatoms. The summed E-state index contributed by atoms with van der Waals surface area (Å²) < 4.78 is 5.51. The van der Waals surface area contributed by atoms with Gasteiger partial charge in [-0.15, -0.1) is 0 Å². The van der Waals surface area contributed by atoms with Crippen LogP contribution >= 0.6 is 0 Å². The summed E-state index contributed by atoms with van der Waals surface area (Å²) in [6.45, 7) is 2.78. The Hall–Kier alpha value is -2.30. The summed E-state index contributed by atoms with van der Waals surface area (Å²) in [6.07, 6.45) is 3.71. The van der Waals surface area contributed by atoms with Crippen molar-refractivity contribution >= 4 is 5.91 Å². The molecule has 0 unspecified atom stereocenters. The van der Waals surface area contributed by atoms with Crippen molar-refractivity contribution in [2.75, 3.05) is 6.61 Å². The minimum atomic E-state index is -0.0518. The summed E-state index contributed by atoms with van der Waals surface area (Å²) in [7, 11) is 0. The summed E-state index contributed by atoms with van der Waals surface area (Å²) in [6, 6.07) is 7.76. The van der Waals surface area contributed by atoms with Gasteiger partial charge in [0.1, 0.15) is 11.6 Å². The zero-order valence-electron chi connectivity index (χ0n) is 10.8. The smallest absolute Gasteiger partial charge is 0.223 e. The van der Waals surface area contributed by atoms with Crippen LogP contribution in [0, 0.1) is 6.92 Å². The number of rotatable bonds is 6. The van der Waals surface area contributed by atoms with Gasteiger partial charge in [0.05, 0.1) is 19.6 Å². The number of amides is 1. The van der Waals surface area contributed by atoms with E-state index in [1.807, 2.05) is 31.2 Å². The summed E-state index contributed by atoms with van der Waals surface area (Å²) >= 11 is 0. The molecule has 19 heavy (non-hydrogen) atoms. The van der Waals surface area contributed by atoms with E-state index in [2.05, 4.69) is 15.3 Å². The van der Waals surface area contributed by atoms with Crippen LogP contribution in [0.2, 0.25) is 0 Å². The summed E-state index contributed by atoms with van der Waals surface area (Å²) in [5, 5.41) is 2.77. The number of benzene rings is 1. The topological polar surface area (TPSA) is 67.0 Å². The third kappa shape index (κ3) is 4.46. The average Bonchev–Trinajstić information content (AvgIpc) is 2.89. The van der Waals surface area contributed by atoms with E-state index in [0.717, 1.165) is 17.1 Å². The van der Waals surface area contributed by atoms with Gasteiger partial charge in [-0.25, -0.2) is 4.98 Å². The molecule has 0 saturated carbocycles. The van der Waals surface area contributed by atoms with Gasteiger partial charge < -0.3 is 15.0 Å². The molecule has 1 aromatic heterocycles. The molecule has 0 radical (unpaired) electrons. The van der Waals surface area contributed by atoms with Gasteiger partial charge in [-0.3, -0.25) is 4.79 Å². The second kappa shape index (κ2) is 6.58. The molecular weight excluding hydrogens is 242 g/mol. The molecule has 0 bridgehead atoms. The molecule has 2 aromatic rings. The summed E-state index contributed by atoms with van der Waals surface area (Å²) in [5.74, 6) is 1.48. The highest BCUT2D eigenvalue weighted by Crippen LogP contribution is 2.12. The molecule has 2 N–H and O–H groups in total. The Morgan fingerprint density at radius 3 is 3.11 bits per heavy atom. The van der Waals surface area contributed by atoms with Gasteiger partial charge in [0.2, 0.25) is 5.91 Å². The van der Waals surface area contributed by atoms with Gasteiger partial charge in [0.15, 0.2) is 0 Å². The number of H-pyrrole nitrogens is 1. The van der Waals surface area contributed by atoms with Crippen molar-refractivity contribution in [3.05, 3.63) is 48.0 Å². The van der Waals surface area contributed by atoms with E-state index in [1.165, 1.54) is 0 Å². The summed E-state index contributed by atoms with van der Waals surface area (Å²) in [4.78, 5) is 18.5. The van der Waals surface area contributed by atoms with Crippen molar-refractivity contribution < 1.29 is 9.53 Å². The highest BCUT2D eigenvalue weighted by molar-refractivity contribution is 5.75. The Balaban J connectivity index is 1.66. The van der Waals surface area contributed by atoms with Crippen molar-refractivity contribution in [2.24, 2.45) is 0 Å². The number of nitrogens with one attached hydrogen (secondary N) is 2. The molecule has 0 aliphatic heterocycles. The van der Waals surface area contributed by atoms with E-state index >= 15 is 0 Å². The predicted molar refractivity (Wildman–Crippen MR) is 71.7 cm³/mol. The van der Waals surface area contributed by atoms with Gasteiger partial charge in [0, 0.05) is 12.4 Å². The molecular formula is C14H17N3O2. The minimum Gasteiger partial charge on any atom is -0.493 e. The van der Waals surface area contributed by atoms with Crippen molar-refractivity contribution in [1.82, 2.24) is 15.3 Å². The maximum absolute atomic E-state index is 11.6. The first kappa shape index (κ1) is 13.1. The Morgan fingerprint density at radius 2 is 2.37 bits per heavy atom. The fraction of sp³-hybridized carbons (Fsp3) is 0.286. The van der Waals surface area contributed by atoms with Crippen molar-refractivity contribution in [3.8, 4) is 5.75 Å². The van der Waals surface area contributed by atoms with Crippen LogP contribution in [0.3, 0.4) is 0 Å². The van der Waals surface area contributed by atoms with E-state index in [9.17, 15) is 4.79 Å². The van der Waals surface area contributed by atoms with E-state index < -0.39 is 0 Å².